The molecule has 0 atom stereocenters. The van der Waals surface area contributed by atoms with E-state index >= 15 is 0 Å². The molecule has 1 heterocycles. The van der Waals surface area contributed by atoms with Gasteiger partial charge < -0.3 is 10.4 Å². The van der Waals surface area contributed by atoms with Gasteiger partial charge in [-0.2, -0.15) is 13.2 Å². The van der Waals surface area contributed by atoms with Gasteiger partial charge in [0, 0.05) is 6.54 Å². The zero-order valence-corrected chi connectivity index (χ0v) is 10.5. The van der Waals surface area contributed by atoms with Crippen molar-refractivity contribution in [1.29, 1.82) is 0 Å². The fraction of sp³-hybridized carbons (Fsp3) is 0.455. The predicted octanol–water partition coefficient (Wildman–Crippen LogP) is 2.29. The highest BCUT2D eigenvalue weighted by Gasteiger charge is 2.50. The summed E-state index contributed by atoms with van der Waals surface area (Å²) in [6.45, 7) is -0.176. The van der Waals surface area contributed by atoms with Crippen LogP contribution in [0, 0.1) is 15.5 Å². The van der Waals surface area contributed by atoms with Gasteiger partial charge in [0.1, 0.15) is 17.6 Å². The van der Waals surface area contributed by atoms with E-state index in [1.165, 1.54) is 0 Å². The van der Waals surface area contributed by atoms with E-state index in [1.54, 1.807) is 0 Å². The fourth-order valence-electron chi connectivity index (χ4n) is 1.77. The molecule has 2 rings (SSSR count). The topological polar surface area (TPSA) is 105 Å². The van der Waals surface area contributed by atoms with Gasteiger partial charge in [0.25, 0.3) is 0 Å². The number of hydrogen-bond acceptors (Lipinski definition) is 5. The third-order valence-corrected chi connectivity index (χ3v) is 3.29. The van der Waals surface area contributed by atoms with Crippen LogP contribution in [0.5, 0.6) is 0 Å². The molecule has 0 saturated heterocycles. The number of anilines is 1. The molecule has 0 aromatic carbocycles. The first-order chi connectivity index (χ1) is 9.66. The van der Waals surface area contributed by atoms with Crippen molar-refractivity contribution in [1.82, 2.24) is 4.98 Å². The second-order valence-corrected chi connectivity index (χ2v) is 4.78. The molecule has 0 spiro atoms. The summed E-state index contributed by atoms with van der Waals surface area (Å²) in [5.74, 6) is -1.08. The van der Waals surface area contributed by atoms with Gasteiger partial charge >= 0.3 is 17.8 Å². The molecule has 2 N–H and O–H groups in total. The highest BCUT2D eigenvalue weighted by Crippen LogP contribution is 2.46. The van der Waals surface area contributed by atoms with E-state index in [2.05, 4.69) is 10.3 Å². The summed E-state index contributed by atoms with van der Waals surface area (Å²) in [5.41, 5.74) is -3.37. The molecule has 0 amide bonds. The van der Waals surface area contributed by atoms with Crippen molar-refractivity contribution < 1.29 is 28.0 Å². The van der Waals surface area contributed by atoms with Crippen LogP contribution in [0.3, 0.4) is 0 Å². The van der Waals surface area contributed by atoms with Crippen LogP contribution in [-0.4, -0.2) is 27.5 Å². The van der Waals surface area contributed by atoms with Gasteiger partial charge in [-0.1, -0.05) is 0 Å². The lowest BCUT2D eigenvalue weighted by Gasteiger charge is -2.13. The molecule has 7 nitrogen and oxygen atoms in total. The minimum atomic E-state index is -4.74. The summed E-state index contributed by atoms with van der Waals surface area (Å²) in [5, 5.41) is 22.2. The lowest BCUT2D eigenvalue weighted by molar-refractivity contribution is -0.384. The van der Waals surface area contributed by atoms with Crippen molar-refractivity contribution in [2.75, 3.05) is 11.9 Å². The Morgan fingerprint density at radius 3 is 2.57 bits per heavy atom. The number of nitrogens with zero attached hydrogens (tertiary/aromatic N) is 2. The second kappa shape index (κ2) is 4.86. The quantitative estimate of drug-likeness (QED) is 0.638. The van der Waals surface area contributed by atoms with Gasteiger partial charge in [0.05, 0.1) is 10.3 Å². The molecule has 114 valence electrons. The van der Waals surface area contributed by atoms with E-state index < -0.39 is 39.6 Å². The summed E-state index contributed by atoms with van der Waals surface area (Å²) < 4.78 is 37.7. The summed E-state index contributed by atoms with van der Waals surface area (Å²) in [6.07, 6.45) is -3.48. The monoisotopic (exact) mass is 305 g/mol. The molecule has 0 bridgehead atoms. The van der Waals surface area contributed by atoms with Gasteiger partial charge in [0.15, 0.2) is 0 Å². The summed E-state index contributed by atoms with van der Waals surface area (Å²) in [6, 6.07) is 0.510. The average molecular weight is 305 g/mol. The normalized spacial score (nSPS) is 16.3. The molecule has 1 aromatic heterocycles. The van der Waals surface area contributed by atoms with Gasteiger partial charge in [-0.05, 0) is 18.9 Å². The Hall–Kier alpha value is -2.39. The van der Waals surface area contributed by atoms with Crippen LogP contribution >= 0.6 is 0 Å². The molecule has 0 aliphatic heterocycles. The molecule has 10 heteroatoms. The Kier molecular flexibility index (Phi) is 3.47. The smallest absolute Gasteiger partial charge is 0.433 e. The Morgan fingerprint density at radius 2 is 2.14 bits per heavy atom. The fourth-order valence-corrected chi connectivity index (χ4v) is 1.77. The first-order valence-electron chi connectivity index (χ1n) is 5.85. The molecule has 1 aromatic rings. The molecule has 21 heavy (non-hydrogen) atoms. The van der Waals surface area contributed by atoms with Gasteiger partial charge in [0.2, 0.25) is 0 Å². The maximum absolute atomic E-state index is 12.6. The van der Waals surface area contributed by atoms with E-state index in [9.17, 15) is 28.1 Å². The Labute approximate surface area is 115 Å². The van der Waals surface area contributed by atoms with E-state index in [0.29, 0.717) is 25.1 Å². The van der Waals surface area contributed by atoms with E-state index in [-0.39, 0.29) is 6.54 Å². The summed E-state index contributed by atoms with van der Waals surface area (Å²) in [4.78, 5) is 23.9. The summed E-state index contributed by atoms with van der Waals surface area (Å²) >= 11 is 0. The minimum absolute atomic E-state index is 0.176. The van der Waals surface area contributed by atoms with Gasteiger partial charge in [-0.15, -0.1) is 0 Å². The third kappa shape index (κ3) is 3.03. The zero-order valence-electron chi connectivity index (χ0n) is 10.5. The molecule has 0 radical (unpaired) electrons. The highest BCUT2D eigenvalue weighted by atomic mass is 19.4. The SMILES string of the molecule is O=C(O)C1(CNc2cc(C(F)(F)F)ncc2[N+](=O)[O-])CC1. The van der Waals surface area contributed by atoms with Crippen LogP contribution in [0.4, 0.5) is 24.5 Å². The largest absolute Gasteiger partial charge is 0.481 e. The maximum atomic E-state index is 12.6. The van der Waals surface area contributed by atoms with Crippen molar-refractivity contribution in [3.05, 3.63) is 28.1 Å². The molecule has 0 unspecified atom stereocenters. The first kappa shape index (κ1) is 15.0. The van der Waals surface area contributed by atoms with Gasteiger partial charge in [-0.25, -0.2) is 4.98 Å². The molecule has 1 saturated carbocycles. The number of pyridine rings is 1. The Balaban J connectivity index is 2.27. The van der Waals surface area contributed by atoms with Crippen molar-refractivity contribution in [2.24, 2.45) is 5.41 Å². The number of hydrogen-bond donors (Lipinski definition) is 2. The minimum Gasteiger partial charge on any atom is -0.481 e. The van der Waals surface area contributed by atoms with Crippen LogP contribution in [-0.2, 0) is 11.0 Å². The maximum Gasteiger partial charge on any atom is 0.433 e. The highest BCUT2D eigenvalue weighted by molar-refractivity contribution is 5.79. The number of nitrogens with one attached hydrogen (secondary N) is 1. The number of aromatic nitrogens is 1. The van der Waals surface area contributed by atoms with E-state index in [1.807, 2.05) is 0 Å². The lowest BCUT2D eigenvalue weighted by atomic mass is 10.1. The number of carbonyl (C=O) groups is 1. The molecule has 1 aliphatic carbocycles. The summed E-state index contributed by atoms with van der Waals surface area (Å²) in [7, 11) is 0. The van der Waals surface area contributed by atoms with Gasteiger partial charge in [-0.3, -0.25) is 14.9 Å². The number of carboxylic acid groups (broad SMARTS) is 1. The number of aliphatic carboxylic acids is 1. The number of alkyl halides is 3. The lowest BCUT2D eigenvalue weighted by Crippen LogP contribution is -2.24. The predicted molar refractivity (Wildman–Crippen MR) is 63.7 cm³/mol. The number of carboxylic acids is 1. The Morgan fingerprint density at radius 1 is 1.52 bits per heavy atom. The van der Waals surface area contributed by atoms with Crippen molar-refractivity contribution in [2.45, 2.75) is 19.0 Å². The number of nitro groups is 1. The second-order valence-electron chi connectivity index (χ2n) is 4.78. The van der Waals surface area contributed by atoms with E-state index in [4.69, 9.17) is 5.11 Å². The van der Waals surface area contributed by atoms with Crippen LogP contribution in [0.1, 0.15) is 18.5 Å². The third-order valence-electron chi connectivity index (χ3n) is 3.29. The standard InChI is InChI=1S/C11H10F3N3O4/c12-11(13,14)8-3-6(7(4-15-8)17(20)21)16-5-10(1-2-10)9(18)19/h3-4H,1-2,5H2,(H,15,16)(H,18,19). The van der Waals surface area contributed by atoms with Crippen molar-refractivity contribution in [3.63, 3.8) is 0 Å². The average Bonchev–Trinajstić information content (AvgIpc) is 3.16. The number of rotatable bonds is 5. The van der Waals surface area contributed by atoms with E-state index in [0.717, 1.165) is 0 Å². The van der Waals surface area contributed by atoms with Crippen LogP contribution in [0.15, 0.2) is 12.3 Å². The zero-order chi connectivity index (χ0) is 15.8. The first-order valence-corrected chi connectivity index (χ1v) is 5.85. The molecular weight excluding hydrogens is 295 g/mol. The molecule has 1 fully saturated rings. The van der Waals surface area contributed by atoms with Crippen molar-refractivity contribution >= 4 is 17.3 Å². The number of halogens is 3. The van der Waals surface area contributed by atoms with Crippen LogP contribution in [0.25, 0.3) is 0 Å². The van der Waals surface area contributed by atoms with Crippen LogP contribution in [0.2, 0.25) is 0 Å². The Bertz CT molecular complexity index is 599. The molecular formula is C11H10F3N3O4. The van der Waals surface area contributed by atoms with Crippen molar-refractivity contribution in [3.8, 4) is 0 Å². The molecule has 1 aliphatic rings. The van der Waals surface area contributed by atoms with Crippen LogP contribution < -0.4 is 5.32 Å².